The molecule has 0 aliphatic carbocycles. The second-order valence-electron chi connectivity index (χ2n) is 6.96. The number of carbonyl (C=O) groups is 2. The third-order valence-corrected chi connectivity index (χ3v) is 7.03. The van der Waals surface area contributed by atoms with E-state index in [0.717, 1.165) is 0 Å². The zero-order valence-electron chi connectivity index (χ0n) is 13.5. The first-order chi connectivity index (χ1) is 10.7. The first kappa shape index (κ1) is 19.1. The molecule has 0 spiro atoms. The van der Waals surface area contributed by atoms with Gasteiger partial charge in [-0.2, -0.15) is 16.8 Å². The molecule has 0 aromatic carbocycles. The van der Waals surface area contributed by atoms with Crippen LogP contribution in [0, 0.1) is 10.8 Å². The summed E-state index contributed by atoms with van der Waals surface area (Å²) >= 11 is 0. The Morgan fingerprint density at radius 3 is 1.29 bits per heavy atom. The van der Waals surface area contributed by atoms with E-state index >= 15 is 0 Å². The van der Waals surface area contributed by atoms with E-state index in [1.807, 2.05) is 0 Å². The molecule has 0 saturated carbocycles. The molecule has 10 nitrogen and oxygen atoms in total. The van der Waals surface area contributed by atoms with Crippen LogP contribution < -0.4 is 0 Å². The van der Waals surface area contributed by atoms with Crippen LogP contribution in [0.5, 0.6) is 0 Å². The van der Waals surface area contributed by atoms with Gasteiger partial charge in [0.15, 0.2) is 12.2 Å². The van der Waals surface area contributed by atoms with Crippen molar-refractivity contribution in [1.29, 1.82) is 0 Å². The van der Waals surface area contributed by atoms with E-state index in [4.69, 9.17) is 0 Å². The van der Waals surface area contributed by atoms with Gasteiger partial charge in [0.05, 0.1) is 13.2 Å². The Hall–Kier alpha value is -1.24. The Balaban J connectivity index is 2.25. The van der Waals surface area contributed by atoms with E-state index in [1.54, 1.807) is 0 Å². The van der Waals surface area contributed by atoms with Crippen molar-refractivity contribution in [3.63, 3.8) is 0 Å². The van der Waals surface area contributed by atoms with Crippen LogP contribution >= 0.6 is 0 Å². The third kappa shape index (κ3) is 3.27. The second kappa shape index (κ2) is 5.64. The molecular formula is C12H18O10S2. The number of rotatable bonds is 5. The molecule has 0 bridgehead atoms. The predicted molar refractivity (Wildman–Crippen MR) is 77.1 cm³/mol. The van der Waals surface area contributed by atoms with Crippen molar-refractivity contribution in [3.05, 3.63) is 0 Å². The number of esters is 2. The zero-order chi connectivity index (χ0) is 18.6. The molecule has 2 atom stereocenters. The maximum atomic E-state index is 12.1. The lowest BCUT2D eigenvalue weighted by molar-refractivity contribution is -0.144. The van der Waals surface area contributed by atoms with Gasteiger partial charge in [0.25, 0.3) is 0 Å². The van der Waals surface area contributed by atoms with Gasteiger partial charge in [0.1, 0.15) is 0 Å². The quantitative estimate of drug-likeness (QED) is 0.448. The average molecular weight is 386 g/mol. The summed E-state index contributed by atoms with van der Waals surface area (Å²) < 4.78 is 66.7. The fourth-order valence-electron chi connectivity index (χ4n) is 2.13. The van der Waals surface area contributed by atoms with Gasteiger partial charge >= 0.3 is 30.2 Å². The molecule has 2 fully saturated rings. The van der Waals surface area contributed by atoms with Crippen molar-refractivity contribution >= 4 is 30.2 Å². The molecule has 12 heteroatoms. The highest BCUT2D eigenvalue weighted by atomic mass is 33.2. The van der Waals surface area contributed by atoms with E-state index in [0.29, 0.717) is 0 Å². The fraction of sp³-hybridized carbons (Fsp3) is 0.833. The minimum Gasteiger partial charge on any atom is -0.463 e. The van der Waals surface area contributed by atoms with Crippen molar-refractivity contribution < 1.29 is 44.3 Å². The molecule has 0 unspecified atom stereocenters. The van der Waals surface area contributed by atoms with Crippen molar-refractivity contribution in [2.24, 2.45) is 10.8 Å². The Morgan fingerprint density at radius 2 is 1.08 bits per heavy atom. The van der Waals surface area contributed by atoms with Gasteiger partial charge in [-0.05, 0) is 0 Å². The maximum absolute atomic E-state index is 12.1. The molecular weight excluding hydrogens is 368 g/mol. The summed E-state index contributed by atoms with van der Waals surface area (Å²) in [5, 5.41) is 0. The summed E-state index contributed by atoms with van der Waals surface area (Å²) in [6, 6.07) is 0. The van der Waals surface area contributed by atoms with Crippen LogP contribution in [0.1, 0.15) is 27.7 Å². The largest absolute Gasteiger partial charge is 0.463 e. The van der Waals surface area contributed by atoms with Crippen LogP contribution in [0.15, 0.2) is 0 Å². The summed E-state index contributed by atoms with van der Waals surface area (Å²) in [6.07, 6.45) is -3.27. The van der Waals surface area contributed by atoms with Gasteiger partial charge in [-0.1, -0.05) is 27.7 Å². The van der Waals surface area contributed by atoms with E-state index in [-0.39, 0.29) is 13.2 Å². The van der Waals surface area contributed by atoms with Crippen molar-refractivity contribution in [1.82, 2.24) is 0 Å². The highest BCUT2D eigenvalue weighted by molar-refractivity contribution is 8.63. The second-order valence-corrected chi connectivity index (χ2v) is 11.4. The summed E-state index contributed by atoms with van der Waals surface area (Å²) in [5.41, 5.74) is -2.10. The third-order valence-electron chi connectivity index (χ3n) is 3.70. The Labute approximate surface area is 139 Å². The molecule has 2 rings (SSSR count). The van der Waals surface area contributed by atoms with E-state index in [9.17, 15) is 26.4 Å². The van der Waals surface area contributed by atoms with E-state index in [2.05, 4.69) is 17.8 Å². The SMILES string of the molecule is CC1(C)COC(=O)[C@@H]1OS(=O)(=O)S(=O)(=O)O[C@H]1C(=O)OCC1(C)C. The lowest BCUT2D eigenvalue weighted by atomic mass is 9.90. The number of carbonyl (C=O) groups excluding carboxylic acids is 2. The van der Waals surface area contributed by atoms with Gasteiger partial charge in [0.2, 0.25) is 0 Å². The minimum absolute atomic E-state index is 0.130. The van der Waals surface area contributed by atoms with Crippen LogP contribution in [-0.4, -0.2) is 54.2 Å². The molecule has 2 heterocycles. The molecule has 0 aromatic heterocycles. The first-order valence-corrected chi connectivity index (χ1v) is 10.2. The molecule has 0 N–H and O–H groups in total. The molecule has 0 radical (unpaired) electrons. The number of hydrogen-bond acceptors (Lipinski definition) is 10. The zero-order valence-corrected chi connectivity index (χ0v) is 15.1. The normalized spacial score (nSPS) is 29.3. The molecule has 2 aliphatic rings. The Bertz CT molecular complexity index is 696. The summed E-state index contributed by atoms with van der Waals surface area (Å²) in [7, 11) is -10.7. The van der Waals surface area contributed by atoms with Gasteiger partial charge < -0.3 is 9.47 Å². The Kier molecular flexibility index (Phi) is 4.49. The summed E-state index contributed by atoms with van der Waals surface area (Å²) in [4.78, 5) is 23.1. The monoisotopic (exact) mass is 386 g/mol. The van der Waals surface area contributed by atoms with Crippen LogP contribution in [0.3, 0.4) is 0 Å². The topological polar surface area (TPSA) is 139 Å². The predicted octanol–water partition coefficient (Wildman–Crippen LogP) is -0.503. The van der Waals surface area contributed by atoms with Crippen LogP contribution in [0.2, 0.25) is 0 Å². The maximum Gasteiger partial charge on any atom is 0.400 e. The van der Waals surface area contributed by atoms with Crippen LogP contribution in [-0.2, 0) is 45.7 Å². The molecule has 24 heavy (non-hydrogen) atoms. The molecule has 0 amide bonds. The standard InChI is InChI=1S/C12H18O10S2/c1-11(2)5-19-9(13)7(11)21-23(15,16)24(17,18)22-8-10(14)20-6-12(8,3)4/h7-8H,5-6H2,1-4H3/t7-,8-/m0/s1. The van der Waals surface area contributed by atoms with Crippen LogP contribution in [0.25, 0.3) is 0 Å². The fourth-order valence-corrected chi connectivity index (χ4v) is 4.52. The number of cyclic esters (lactones) is 2. The molecule has 138 valence electrons. The lowest BCUT2D eigenvalue weighted by Gasteiger charge is -2.23. The molecule has 0 aromatic rings. The average Bonchev–Trinajstić information content (AvgIpc) is 2.82. The summed E-state index contributed by atoms with van der Waals surface area (Å²) in [5.74, 6) is -2.00. The molecule has 2 aliphatic heterocycles. The van der Waals surface area contributed by atoms with Crippen molar-refractivity contribution in [2.75, 3.05) is 13.2 Å². The van der Waals surface area contributed by atoms with Crippen molar-refractivity contribution in [3.8, 4) is 0 Å². The highest BCUT2D eigenvalue weighted by Gasteiger charge is 2.53. The summed E-state index contributed by atoms with van der Waals surface area (Å²) in [6.45, 7) is 5.64. The Morgan fingerprint density at radius 1 is 0.792 bits per heavy atom. The smallest absolute Gasteiger partial charge is 0.400 e. The van der Waals surface area contributed by atoms with Gasteiger partial charge in [-0.25, -0.2) is 18.0 Å². The number of hydrogen-bond donors (Lipinski definition) is 0. The van der Waals surface area contributed by atoms with Gasteiger partial charge in [0, 0.05) is 10.8 Å². The van der Waals surface area contributed by atoms with Gasteiger partial charge in [-0.3, -0.25) is 0 Å². The minimum atomic E-state index is -5.37. The van der Waals surface area contributed by atoms with Crippen LogP contribution in [0.4, 0.5) is 0 Å². The van der Waals surface area contributed by atoms with E-state index < -0.39 is 53.3 Å². The van der Waals surface area contributed by atoms with Crippen molar-refractivity contribution in [2.45, 2.75) is 39.9 Å². The molecule has 2 saturated heterocycles. The lowest BCUT2D eigenvalue weighted by Crippen LogP contribution is -2.40. The number of ether oxygens (including phenoxy) is 2. The highest BCUT2D eigenvalue weighted by Crippen LogP contribution is 2.35. The van der Waals surface area contributed by atoms with Gasteiger partial charge in [-0.15, -0.1) is 0 Å². The van der Waals surface area contributed by atoms with E-state index in [1.165, 1.54) is 27.7 Å². The first-order valence-electron chi connectivity index (χ1n) is 6.89.